The van der Waals surface area contributed by atoms with Crippen molar-refractivity contribution in [1.82, 2.24) is 0 Å². The van der Waals surface area contributed by atoms with Gasteiger partial charge in [0.2, 0.25) is 5.91 Å². The van der Waals surface area contributed by atoms with Crippen LogP contribution in [0.25, 0.3) is 6.08 Å². The molecule has 0 radical (unpaired) electrons. The summed E-state index contributed by atoms with van der Waals surface area (Å²) in [7, 11) is 0. The van der Waals surface area contributed by atoms with E-state index in [0.29, 0.717) is 49.5 Å². The Morgan fingerprint density at radius 2 is 1.60 bits per heavy atom. The second kappa shape index (κ2) is 16.2. The van der Waals surface area contributed by atoms with E-state index in [9.17, 15) is 39.3 Å². The van der Waals surface area contributed by atoms with Gasteiger partial charge in [0, 0.05) is 52.0 Å². The van der Waals surface area contributed by atoms with E-state index in [0.717, 1.165) is 43.8 Å². The molecule has 0 bridgehead atoms. The molecule has 1 aromatic carbocycles. The number of carboxylic acids is 2. The van der Waals surface area contributed by atoms with E-state index in [1.165, 1.54) is 30.4 Å². The van der Waals surface area contributed by atoms with Crippen LogP contribution in [0.1, 0.15) is 111 Å². The molecule has 286 valence electrons. The molecule has 4 saturated carbocycles. The van der Waals surface area contributed by atoms with Crippen molar-refractivity contribution in [2.75, 3.05) is 11.9 Å². The van der Waals surface area contributed by atoms with Crippen LogP contribution in [0.5, 0.6) is 5.75 Å². The molecule has 0 aromatic heterocycles. The quantitative estimate of drug-likeness (QED) is 0.114. The van der Waals surface area contributed by atoms with Crippen LogP contribution in [0.2, 0.25) is 0 Å². The summed E-state index contributed by atoms with van der Waals surface area (Å²) in [5, 5.41) is 36.6. The third-order valence-corrected chi connectivity index (χ3v) is 15.0. The van der Waals surface area contributed by atoms with Crippen molar-refractivity contribution in [3.63, 3.8) is 0 Å². The van der Waals surface area contributed by atoms with Gasteiger partial charge in [-0.3, -0.25) is 9.59 Å². The number of nitrogens with one attached hydrogen (secondary N) is 1. The summed E-state index contributed by atoms with van der Waals surface area (Å²) in [5.74, 6) is -3.54. The number of ether oxygens (including phenoxy) is 1. The monoisotopic (exact) mass is 773 g/mol. The molecule has 3 unspecified atom stereocenters. The average Bonchev–Trinajstić information content (AvgIpc) is 3.08. The number of aromatic hydroxyl groups is 1. The first-order chi connectivity index (χ1) is 24.7. The molecule has 0 aliphatic heterocycles. The summed E-state index contributed by atoms with van der Waals surface area (Å²) in [6, 6.07) is 4.13. The number of rotatable bonds is 8. The van der Waals surface area contributed by atoms with Gasteiger partial charge >= 0.3 is 65.1 Å². The molecule has 6 rings (SSSR count). The van der Waals surface area contributed by atoms with E-state index in [4.69, 9.17) is 4.74 Å². The Bertz CT molecular complexity index is 1830. The van der Waals surface area contributed by atoms with E-state index in [1.807, 2.05) is 0 Å². The summed E-state index contributed by atoms with van der Waals surface area (Å²) in [5.41, 5.74) is -0.993. The van der Waals surface area contributed by atoms with Gasteiger partial charge in [0.25, 0.3) is 0 Å². The molecular weight excluding hydrogens is 720 g/mol. The zero-order valence-corrected chi connectivity index (χ0v) is 37.8. The number of carbonyl (C=O) groups is 5. The first-order valence-electron chi connectivity index (χ1n) is 19.0. The number of benzene rings is 1. The second-order valence-corrected chi connectivity index (χ2v) is 18.4. The number of phenols is 1. The minimum Gasteiger partial charge on any atom is -0.550 e. The number of phenolic OH excluding ortho intramolecular Hbond substituents is 1. The number of fused-ring (bicyclic) bond motifs is 7. The fourth-order valence-electron chi connectivity index (χ4n) is 12.0. The zero-order valence-electron chi connectivity index (χ0n) is 33.8. The number of carboxylic acid groups (broad SMARTS) is 2. The van der Waals surface area contributed by atoms with Crippen LogP contribution in [-0.2, 0) is 28.7 Å². The van der Waals surface area contributed by atoms with Gasteiger partial charge in [-0.1, -0.05) is 53.2 Å². The van der Waals surface area contributed by atoms with E-state index >= 15 is 0 Å². The van der Waals surface area contributed by atoms with Crippen molar-refractivity contribution >= 4 is 41.4 Å². The standard InChI is InChI=1S/C43H55NO9.2Na/c1-38(2)19-20-42(37(51)52)21-22-43(25-53-36(50)14-7-26-23-27(45)8-10-30(26)44-34(47)12-13-35(48)49)28(29(42)24-38)9-11-32-40(5)17-16-33(46)39(3,4)31(40)15-18-41(32,43)6;;/h7-10,12-14,23,29,31-32,45H,11,15-22,24-25H2,1-6H3,(H,44,47)(H,48,49)(H,51,52);;/q;2*+1/p-2/b13-12+,14-7+;;/t29?,31?,32?,40-,41+,42-,43-;;/m0../s1. The number of hydrogen-bond acceptors (Lipinski definition) is 9. The van der Waals surface area contributed by atoms with Crippen molar-refractivity contribution in [1.29, 1.82) is 0 Å². The third-order valence-electron chi connectivity index (χ3n) is 15.0. The molecule has 5 aliphatic carbocycles. The second-order valence-electron chi connectivity index (χ2n) is 18.4. The minimum atomic E-state index is -1.53. The Labute approximate surface area is 369 Å². The van der Waals surface area contributed by atoms with Gasteiger partial charge in [-0.15, -0.1) is 0 Å². The Balaban J connectivity index is 0.00000336. The number of hydrogen-bond donors (Lipinski definition) is 2. The number of allylic oxidation sites excluding steroid dienone is 1. The molecule has 0 saturated heterocycles. The first kappa shape index (κ1) is 45.5. The third kappa shape index (κ3) is 7.86. The number of esters is 1. The van der Waals surface area contributed by atoms with E-state index < -0.39 is 40.1 Å². The predicted molar refractivity (Wildman–Crippen MR) is 194 cm³/mol. The van der Waals surface area contributed by atoms with Gasteiger partial charge in [0.05, 0.1) is 5.97 Å². The molecular formula is C43H53NNa2O9. The number of aliphatic carboxylic acids is 2. The number of anilines is 1. The molecule has 2 N–H and O–H groups in total. The first-order valence-corrected chi connectivity index (χ1v) is 19.0. The SMILES string of the molecule is CC1(C)CC[C@]2(C(=O)[O-])CC[C@]3(COC(=O)/C=C/c4cc(O)ccc4NC(=O)/C=C/C(=O)[O-])C(=CCC4[C@@]5(C)CCC(=O)C(C)(C)C5CC[C@]43C)C2C1.[Na+].[Na+]. The Hall–Kier alpha value is -2.21. The Morgan fingerprint density at radius 1 is 0.909 bits per heavy atom. The van der Waals surface area contributed by atoms with E-state index in [1.54, 1.807) is 0 Å². The summed E-state index contributed by atoms with van der Waals surface area (Å²) in [6.07, 6.45) is 13.2. The van der Waals surface area contributed by atoms with Crippen molar-refractivity contribution in [3.05, 3.63) is 53.6 Å². The maximum atomic E-state index is 13.7. The van der Waals surface area contributed by atoms with Crippen LogP contribution in [0, 0.1) is 50.2 Å². The van der Waals surface area contributed by atoms with Crippen LogP contribution in [0.3, 0.4) is 0 Å². The van der Waals surface area contributed by atoms with Crippen molar-refractivity contribution in [3.8, 4) is 5.75 Å². The maximum Gasteiger partial charge on any atom is 1.00 e. The number of carbonyl (C=O) groups excluding carboxylic acids is 5. The summed E-state index contributed by atoms with van der Waals surface area (Å²) in [4.78, 5) is 63.1. The summed E-state index contributed by atoms with van der Waals surface area (Å²) >= 11 is 0. The average molecular weight is 774 g/mol. The Morgan fingerprint density at radius 3 is 2.27 bits per heavy atom. The molecule has 0 spiro atoms. The topological polar surface area (TPSA) is 173 Å². The van der Waals surface area contributed by atoms with Gasteiger partial charge in [0.15, 0.2) is 0 Å². The van der Waals surface area contributed by atoms with Crippen molar-refractivity contribution < 1.29 is 103 Å². The van der Waals surface area contributed by atoms with Gasteiger partial charge in [-0.25, -0.2) is 4.79 Å². The van der Waals surface area contributed by atoms with Gasteiger partial charge in [-0.2, -0.15) is 0 Å². The summed E-state index contributed by atoms with van der Waals surface area (Å²) in [6.45, 7) is 13.3. The van der Waals surface area contributed by atoms with Gasteiger partial charge in [-0.05, 0) is 122 Å². The smallest absolute Gasteiger partial charge is 0.550 e. The van der Waals surface area contributed by atoms with Crippen LogP contribution in [0.4, 0.5) is 5.69 Å². The molecule has 4 fully saturated rings. The largest absolute Gasteiger partial charge is 1.00 e. The van der Waals surface area contributed by atoms with Crippen molar-refractivity contribution in [2.45, 2.75) is 106 Å². The van der Waals surface area contributed by atoms with Crippen LogP contribution >= 0.6 is 0 Å². The molecule has 12 heteroatoms. The number of amides is 1. The maximum absolute atomic E-state index is 13.7. The van der Waals surface area contributed by atoms with E-state index in [-0.39, 0.29) is 111 Å². The molecule has 7 atom stereocenters. The predicted octanol–water partition coefficient (Wildman–Crippen LogP) is -0.698. The van der Waals surface area contributed by atoms with Crippen molar-refractivity contribution in [2.24, 2.45) is 50.2 Å². The molecule has 0 heterocycles. The summed E-state index contributed by atoms with van der Waals surface area (Å²) < 4.78 is 6.23. The van der Waals surface area contributed by atoms with Crippen LogP contribution in [0.15, 0.2) is 48.1 Å². The Kier molecular flexibility index (Phi) is 13.4. The van der Waals surface area contributed by atoms with Crippen LogP contribution in [-0.4, -0.2) is 41.3 Å². The molecule has 1 amide bonds. The van der Waals surface area contributed by atoms with Gasteiger partial charge in [0.1, 0.15) is 18.1 Å². The molecule has 5 aliphatic rings. The van der Waals surface area contributed by atoms with Crippen LogP contribution < -0.4 is 74.6 Å². The fourth-order valence-corrected chi connectivity index (χ4v) is 12.0. The molecule has 55 heavy (non-hydrogen) atoms. The van der Waals surface area contributed by atoms with E-state index in [2.05, 4.69) is 52.9 Å². The van der Waals surface area contributed by atoms with Gasteiger partial charge < -0.3 is 35.0 Å². The molecule has 10 nitrogen and oxygen atoms in total. The molecule has 1 aromatic rings. The zero-order chi connectivity index (χ0) is 38.8. The fraction of sp³-hybridized carbons (Fsp3) is 0.605. The number of Topliss-reactive ketones (excluding diaryl/α,β-unsaturated/α-hetero) is 1. The number of ketones is 1. The normalized spacial score (nSPS) is 34.3. The minimum absolute atomic E-state index is 0.